The van der Waals surface area contributed by atoms with Crippen molar-refractivity contribution in [1.29, 1.82) is 0 Å². The molecule has 0 spiro atoms. The summed E-state index contributed by atoms with van der Waals surface area (Å²) < 4.78 is 0. The Morgan fingerprint density at radius 2 is 2.11 bits per heavy atom. The lowest BCUT2D eigenvalue weighted by atomic mass is 10.5. The lowest BCUT2D eigenvalue weighted by Gasteiger charge is -1.85. The minimum absolute atomic E-state index is 0.202. The second kappa shape index (κ2) is 2.18. The maximum absolute atomic E-state index is 9.86. The highest BCUT2D eigenvalue weighted by Gasteiger charge is 2.10. The van der Waals surface area contributed by atoms with Crippen LogP contribution in [0.3, 0.4) is 0 Å². The first-order valence-electron chi connectivity index (χ1n) is 2.37. The van der Waals surface area contributed by atoms with Crippen molar-refractivity contribution in [2.45, 2.75) is 0 Å². The fraction of sp³-hybridized carbons (Fsp3) is 0.200. The second-order valence-corrected chi connectivity index (χ2v) is 1.54. The van der Waals surface area contributed by atoms with Crippen molar-refractivity contribution in [1.82, 2.24) is 10.6 Å². The lowest BCUT2D eigenvalue weighted by Crippen LogP contribution is -2.09. The van der Waals surface area contributed by atoms with Gasteiger partial charge in [0, 0.05) is 0 Å². The average Bonchev–Trinajstić information content (AvgIpc) is 2.34. The minimum atomic E-state index is 0.202. The molecule has 0 unspecified atom stereocenters. The molecular weight excluding hydrogens is 120 g/mol. The molecule has 1 rings (SSSR count). The largest absolute Gasteiger partial charge is 0.356 e. The van der Waals surface area contributed by atoms with E-state index in [-0.39, 0.29) is 5.82 Å². The first-order chi connectivity index (χ1) is 4.36. The van der Waals surface area contributed by atoms with Crippen molar-refractivity contribution >= 4 is 11.9 Å². The standard InChI is InChI=1S/C5H4N2O2/c8-2-4-1-6-5(3-9)7-4/h6-7H,1H2. The fourth-order valence-electron chi connectivity index (χ4n) is 0.539. The van der Waals surface area contributed by atoms with Gasteiger partial charge in [0.2, 0.25) is 0 Å². The number of nitrogens with one attached hydrogen (secondary N) is 2. The number of hydrogen-bond donors (Lipinski definition) is 2. The molecule has 0 saturated carbocycles. The highest BCUT2D eigenvalue weighted by Crippen LogP contribution is 1.92. The molecule has 4 heteroatoms. The minimum Gasteiger partial charge on any atom is -0.356 e. The van der Waals surface area contributed by atoms with Crippen LogP contribution in [0.2, 0.25) is 0 Å². The summed E-state index contributed by atoms with van der Waals surface area (Å²) in [5.41, 5.74) is 0.341. The molecule has 2 N–H and O–H groups in total. The number of rotatable bonds is 0. The van der Waals surface area contributed by atoms with Crippen molar-refractivity contribution in [3.63, 3.8) is 0 Å². The van der Waals surface area contributed by atoms with Crippen LogP contribution in [0.15, 0.2) is 11.5 Å². The van der Waals surface area contributed by atoms with Gasteiger partial charge < -0.3 is 10.6 Å². The molecule has 0 aliphatic carbocycles. The molecule has 0 atom stereocenters. The van der Waals surface area contributed by atoms with E-state index in [9.17, 15) is 9.59 Å². The third-order valence-electron chi connectivity index (χ3n) is 0.943. The molecule has 1 aliphatic rings. The summed E-state index contributed by atoms with van der Waals surface area (Å²) in [5.74, 6) is 3.40. The number of carbonyl (C=O) groups excluding carboxylic acids is 2. The van der Waals surface area contributed by atoms with E-state index in [0.717, 1.165) is 0 Å². The van der Waals surface area contributed by atoms with Crippen LogP contribution in [-0.2, 0) is 9.59 Å². The fourth-order valence-corrected chi connectivity index (χ4v) is 0.539. The Hall–Kier alpha value is -1.50. The maximum atomic E-state index is 9.86. The summed E-state index contributed by atoms with van der Waals surface area (Å²) in [7, 11) is 0. The van der Waals surface area contributed by atoms with Crippen LogP contribution in [-0.4, -0.2) is 18.4 Å². The molecule has 0 aromatic carbocycles. The van der Waals surface area contributed by atoms with Gasteiger partial charge in [0.1, 0.15) is 11.6 Å². The quantitative estimate of drug-likeness (QED) is 0.388. The van der Waals surface area contributed by atoms with Gasteiger partial charge in [-0.05, 0) is 0 Å². The van der Waals surface area contributed by atoms with E-state index >= 15 is 0 Å². The van der Waals surface area contributed by atoms with Gasteiger partial charge >= 0.3 is 0 Å². The first kappa shape index (κ1) is 5.63. The van der Waals surface area contributed by atoms with Crippen LogP contribution < -0.4 is 10.6 Å². The van der Waals surface area contributed by atoms with Gasteiger partial charge in [-0.1, -0.05) is 0 Å². The highest BCUT2D eigenvalue weighted by molar-refractivity contribution is 5.60. The monoisotopic (exact) mass is 124 g/mol. The van der Waals surface area contributed by atoms with Crippen LogP contribution in [0.1, 0.15) is 0 Å². The van der Waals surface area contributed by atoms with Gasteiger partial charge in [-0.15, -0.1) is 0 Å². The van der Waals surface area contributed by atoms with E-state index in [2.05, 4.69) is 10.6 Å². The van der Waals surface area contributed by atoms with Crippen LogP contribution in [0.4, 0.5) is 0 Å². The zero-order valence-corrected chi connectivity index (χ0v) is 4.52. The summed E-state index contributed by atoms with van der Waals surface area (Å²) >= 11 is 0. The molecule has 0 aromatic rings. The highest BCUT2D eigenvalue weighted by atomic mass is 16.1. The summed E-state index contributed by atoms with van der Waals surface area (Å²) in [6, 6.07) is 0. The lowest BCUT2D eigenvalue weighted by molar-refractivity contribution is 0.564. The molecule has 1 saturated heterocycles. The Bertz CT molecular complexity index is 197. The molecule has 0 radical (unpaired) electrons. The van der Waals surface area contributed by atoms with Crippen LogP contribution >= 0.6 is 0 Å². The van der Waals surface area contributed by atoms with Gasteiger partial charge in [-0.2, -0.15) is 0 Å². The molecule has 1 fully saturated rings. The third-order valence-corrected chi connectivity index (χ3v) is 0.943. The third kappa shape index (κ3) is 0.995. The van der Waals surface area contributed by atoms with Gasteiger partial charge in [-0.3, -0.25) is 0 Å². The van der Waals surface area contributed by atoms with E-state index in [0.29, 0.717) is 12.2 Å². The molecule has 1 aliphatic heterocycles. The predicted molar refractivity (Wildman–Crippen MR) is 29.6 cm³/mol. The van der Waals surface area contributed by atoms with Crippen LogP contribution in [0.5, 0.6) is 0 Å². The SMILES string of the molecule is O=C=C1CNC(=C=O)N1. The van der Waals surface area contributed by atoms with Crippen molar-refractivity contribution in [3.8, 4) is 0 Å². The Labute approximate surface area is 51.2 Å². The molecule has 1 heterocycles. The molecule has 0 aromatic heterocycles. The van der Waals surface area contributed by atoms with Gasteiger partial charge in [-0.25, -0.2) is 9.59 Å². The maximum Gasteiger partial charge on any atom is 0.191 e. The topological polar surface area (TPSA) is 58.2 Å². The van der Waals surface area contributed by atoms with Gasteiger partial charge in [0.15, 0.2) is 11.8 Å². The molecular formula is C5H4N2O2. The van der Waals surface area contributed by atoms with Gasteiger partial charge in [0.25, 0.3) is 0 Å². The molecule has 9 heavy (non-hydrogen) atoms. The summed E-state index contributed by atoms with van der Waals surface area (Å²) in [6.45, 7) is 0.341. The predicted octanol–water partition coefficient (Wildman–Crippen LogP) is -1.43. The van der Waals surface area contributed by atoms with Crippen molar-refractivity contribution in [3.05, 3.63) is 11.5 Å². The van der Waals surface area contributed by atoms with Crippen molar-refractivity contribution in [2.75, 3.05) is 6.54 Å². The van der Waals surface area contributed by atoms with Crippen LogP contribution in [0.25, 0.3) is 0 Å². The Morgan fingerprint density at radius 1 is 1.33 bits per heavy atom. The van der Waals surface area contributed by atoms with E-state index in [1.165, 1.54) is 0 Å². The van der Waals surface area contributed by atoms with E-state index < -0.39 is 0 Å². The second-order valence-electron chi connectivity index (χ2n) is 1.54. The zero-order chi connectivity index (χ0) is 6.69. The zero-order valence-electron chi connectivity index (χ0n) is 4.52. The molecule has 4 nitrogen and oxygen atoms in total. The number of hydrogen-bond acceptors (Lipinski definition) is 4. The van der Waals surface area contributed by atoms with Crippen molar-refractivity contribution in [2.24, 2.45) is 0 Å². The van der Waals surface area contributed by atoms with E-state index in [1.54, 1.807) is 11.9 Å². The Morgan fingerprint density at radius 3 is 2.44 bits per heavy atom. The molecule has 46 valence electrons. The summed E-state index contributed by atoms with van der Waals surface area (Å²) in [6.07, 6.45) is 0. The average molecular weight is 124 g/mol. The molecule has 0 amide bonds. The van der Waals surface area contributed by atoms with Gasteiger partial charge in [0.05, 0.1) is 6.54 Å². The van der Waals surface area contributed by atoms with Crippen molar-refractivity contribution < 1.29 is 9.59 Å². The normalized spacial score (nSPS) is 15.6. The first-order valence-corrected chi connectivity index (χ1v) is 2.37. The molecule has 0 bridgehead atoms. The smallest absolute Gasteiger partial charge is 0.191 e. The summed E-state index contributed by atoms with van der Waals surface area (Å²) in [5, 5.41) is 5.05. The Balaban J connectivity index is 2.80. The van der Waals surface area contributed by atoms with Crippen LogP contribution in [0, 0.1) is 0 Å². The van der Waals surface area contributed by atoms with E-state index in [1.807, 2.05) is 0 Å². The summed E-state index contributed by atoms with van der Waals surface area (Å²) in [4.78, 5) is 19.7. The van der Waals surface area contributed by atoms with E-state index in [4.69, 9.17) is 0 Å². The Kier molecular flexibility index (Phi) is 1.36.